The predicted molar refractivity (Wildman–Crippen MR) is 74.5 cm³/mol. The van der Waals surface area contributed by atoms with Crippen molar-refractivity contribution < 1.29 is 0 Å². The molecule has 0 aromatic heterocycles. The van der Waals surface area contributed by atoms with Crippen LogP contribution in [0.25, 0.3) is 0 Å². The smallest absolute Gasteiger partial charge is 0.0340 e. The second kappa shape index (κ2) is 6.06. The molecule has 0 amide bonds. The summed E-state index contributed by atoms with van der Waals surface area (Å²) in [6, 6.07) is 8.83. The van der Waals surface area contributed by atoms with Crippen LogP contribution in [0.15, 0.2) is 24.3 Å². The maximum atomic E-state index is 3.56. The molecule has 1 atom stereocenters. The first kappa shape index (κ1) is 12.4. The van der Waals surface area contributed by atoms with E-state index >= 15 is 0 Å². The Hall–Kier alpha value is -1.02. The maximum absolute atomic E-state index is 3.56. The van der Waals surface area contributed by atoms with E-state index in [4.69, 9.17) is 0 Å². The van der Waals surface area contributed by atoms with Gasteiger partial charge in [-0.05, 0) is 56.5 Å². The monoisotopic (exact) mass is 232 g/mol. The third kappa shape index (κ3) is 3.74. The largest absolute Gasteiger partial charge is 0.385 e. The van der Waals surface area contributed by atoms with Crippen molar-refractivity contribution in [2.24, 2.45) is 5.92 Å². The average Bonchev–Trinajstić information content (AvgIpc) is 2.37. The molecule has 1 fully saturated rings. The van der Waals surface area contributed by atoms with Gasteiger partial charge in [0.25, 0.3) is 0 Å². The Morgan fingerprint density at radius 2 is 2.06 bits per heavy atom. The number of hydrogen-bond donors (Lipinski definition) is 1. The number of anilines is 1. The normalized spacial score (nSPS) is 21.4. The van der Waals surface area contributed by atoms with E-state index in [0.29, 0.717) is 0 Å². The summed E-state index contributed by atoms with van der Waals surface area (Å²) in [5.41, 5.74) is 2.67. The molecule has 0 spiro atoms. The first-order valence-corrected chi connectivity index (χ1v) is 6.79. The second-order valence-corrected chi connectivity index (χ2v) is 5.20. The minimum atomic E-state index is 0.805. The molecule has 1 unspecified atom stereocenters. The minimum Gasteiger partial charge on any atom is -0.385 e. The van der Waals surface area contributed by atoms with E-state index in [2.05, 4.69) is 48.5 Å². The van der Waals surface area contributed by atoms with Crippen molar-refractivity contribution >= 4 is 5.69 Å². The number of hydrogen-bond acceptors (Lipinski definition) is 2. The summed E-state index contributed by atoms with van der Waals surface area (Å²) in [5.74, 6) is 0.805. The van der Waals surface area contributed by atoms with Crippen LogP contribution in [0.3, 0.4) is 0 Å². The highest BCUT2D eigenvalue weighted by Crippen LogP contribution is 2.16. The summed E-state index contributed by atoms with van der Waals surface area (Å²) in [5, 5.41) is 3.56. The summed E-state index contributed by atoms with van der Waals surface area (Å²) in [4.78, 5) is 2.44. The van der Waals surface area contributed by atoms with Crippen LogP contribution in [0.4, 0.5) is 5.69 Å². The highest BCUT2D eigenvalue weighted by Gasteiger charge is 2.16. The van der Waals surface area contributed by atoms with Gasteiger partial charge in [0.1, 0.15) is 0 Å². The molecule has 1 saturated heterocycles. The number of aryl methyl sites for hydroxylation is 1. The number of nitrogens with one attached hydrogen (secondary N) is 1. The summed E-state index contributed by atoms with van der Waals surface area (Å²) < 4.78 is 0. The Bertz CT molecular complexity index is 331. The van der Waals surface area contributed by atoms with Crippen LogP contribution in [0.5, 0.6) is 0 Å². The van der Waals surface area contributed by atoms with Gasteiger partial charge in [-0.3, -0.25) is 0 Å². The Morgan fingerprint density at radius 1 is 1.29 bits per heavy atom. The van der Waals surface area contributed by atoms with Gasteiger partial charge in [-0.15, -0.1) is 0 Å². The van der Waals surface area contributed by atoms with E-state index in [1.165, 1.54) is 37.2 Å². The molecule has 1 heterocycles. The molecular weight excluding hydrogens is 208 g/mol. The fourth-order valence-corrected chi connectivity index (χ4v) is 2.56. The van der Waals surface area contributed by atoms with Crippen LogP contribution in [0.2, 0.25) is 0 Å². The standard InChI is InChI=1S/C15H24N2/c1-3-13-6-8-15(9-7-13)16-11-14-5-4-10-17(2)12-14/h6-9,14,16H,3-5,10-12H2,1-2H3. The van der Waals surface area contributed by atoms with Crippen molar-refractivity contribution in [3.05, 3.63) is 29.8 Å². The van der Waals surface area contributed by atoms with Crippen molar-refractivity contribution in [1.29, 1.82) is 0 Å². The SMILES string of the molecule is CCc1ccc(NCC2CCCN(C)C2)cc1. The maximum Gasteiger partial charge on any atom is 0.0340 e. The van der Waals surface area contributed by atoms with Gasteiger partial charge in [-0.1, -0.05) is 19.1 Å². The first-order chi connectivity index (χ1) is 8.28. The summed E-state index contributed by atoms with van der Waals surface area (Å²) in [6.07, 6.45) is 3.83. The van der Waals surface area contributed by atoms with Crippen molar-refractivity contribution in [3.8, 4) is 0 Å². The Balaban J connectivity index is 1.80. The van der Waals surface area contributed by atoms with Crippen LogP contribution >= 0.6 is 0 Å². The summed E-state index contributed by atoms with van der Waals surface area (Å²) >= 11 is 0. The molecular formula is C15H24N2. The molecule has 0 radical (unpaired) electrons. The zero-order chi connectivity index (χ0) is 12.1. The van der Waals surface area contributed by atoms with Crippen molar-refractivity contribution in [2.75, 3.05) is 32.0 Å². The van der Waals surface area contributed by atoms with Crippen LogP contribution < -0.4 is 5.32 Å². The molecule has 2 nitrogen and oxygen atoms in total. The molecule has 17 heavy (non-hydrogen) atoms. The second-order valence-electron chi connectivity index (χ2n) is 5.20. The highest BCUT2D eigenvalue weighted by molar-refractivity contribution is 5.44. The lowest BCUT2D eigenvalue weighted by molar-refractivity contribution is 0.217. The van der Waals surface area contributed by atoms with Gasteiger partial charge in [0.2, 0.25) is 0 Å². The number of rotatable bonds is 4. The van der Waals surface area contributed by atoms with Crippen LogP contribution in [0.1, 0.15) is 25.3 Å². The molecule has 1 aliphatic heterocycles. The zero-order valence-corrected chi connectivity index (χ0v) is 11.1. The fourth-order valence-electron chi connectivity index (χ4n) is 2.56. The lowest BCUT2D eigenvalue weighted by Crippen LogP contribution is -2.35. The molecule has 0 aliphatic carbocycles. The third-order valence-electron chi connectivity index (χ3n) is 3.68. The van der Waals surface area contributed by atoms with Crippen LogP contribution in [-0.4, -0.2) is 31.6 Å². The topological polar surface area (TPSA) is 15.3 Å². The number of nitrogens with zero attached hydrogens (tertiary/aromatic N) is 1. The lowest BCUT2D eigenvalue weighted by atomic mass is 9.98. The van der Waals surface area contributed by atoms with Crippen molar-refractivity contribution in [1.82, 2.24) is 4.90 Å². The molecule has 2 rings (SSSR count). The van der Waals surface area contributed by atoms with E-state index in [-0.39, 0.29) is 0 Å². The highest BCUT2D eigenvalue weighted by atomic mass is 15.1. The quantitative estimate of drug-likeness (QED) is 0.858. The summed E-state index contributed by atoms with van der Waals surface area (Å²) in [6.45, 7) is 5.80. The fraction of sp³-hybridized carbons (Fsp3) is 0.600. The molecule has 1 aromatic carbocycles. The Kier molecular flexibility index (Phi) is 4.43. The predicted octanol–water partition coefficient (Wildman–Crippen LogP) is 3.00. The van der Waals surface area contributed by atoms with Gasteiger partial charge in [0.15, 0.2) is 0 Å². The van der Waals surface area contributed by atoms with E-state index in [1.807, 2.05) is 0 Å². The van der Waals surface area contributed by atoms with Crippen molar-refractivity contribution in [3.63, 3.8) is 0 Å². The van der Waals surface area contributed by atoms with Crippen LogP contribution in [0, 0.1) is 5.92 Å². The van der Waals surface area contributed by atoms with Gasteiger partial charge < -0.3 is 10.2 Å². The summed E-state index contributed by atoms with van der Waals surface area (Å²) in [7, 11) is 2.22. The molecule has 2 heteroatoms. The molecule has 0 bridgehead atoms. The number of likely N-dealkylation sites (tertiary alicyclic amines) is 1. The van der Waals surface area contributed by atoms with E-state index < -0.39 is 0 Å². The van der Waals surface area contributed by atoms with Crippen LogP contribution in [-0.2, 0) is 6.42 Å². The van der Waals surface area contributed by atoms with Gasteiger partial charge in [0.05, 0.1) is 0 Å². The first-order valence-electron chi connectivity index (χ1n) is 6.79. The lowest BCUT2D eigenvalue weighted by Gasteiger charge is -2.30. The van der Waals surface area contributed by atoms with E-state index in [0.717, 1.165) is 18.9 Å². The number of benzene rings is 1. The molecule has 94 valence electrons. The van der Waals surface area contributed by atoms with Gasteiger partial charge >= 0.3 is 0 Å². The van der Waals surface area contributed by atoms with E-state index in [1.54, 1.807) is 0 Å². The van der Waals surface area contributed by atoms with Gasteiger partial charge in [-0.25, -0.2) is 0 Å². The molecule has 0 saturated carbocycles. The van der Waals surface area contributed by atoms with Gasteiger partial charge in [0, 0.05) is 18.8 Å². The Morgan fingerprint density at radius 3 is 2.71 bits per heavy atom. The zero-order valence-electron chi connectivity index (χ0n) is 11.1. The third-order valence-corrected chi connectivity index (χ3v) is 3.68. The minimum absolute atomic E-state index is 0.805. The average molecular weight is 232 g/mol. The van der Waals surface area contributed by atoms with Gasteiger partial charge in [-0.2, -0.15) is 0 Å². The molecule has 1 N–H and O–H groups in total. The molecule has 1 aromatic rings. The molecule has 1 aliphatic rings. The Labute approximate surface area is 105 Å². The van der Waals surface area contributed by atoms with E-state index in [9.17, 15) is 0 Å². The number of piperidine rings is 1. The van der Waals surface area contributed by atoms with Crippen molar-refractivity contribution in [2.45, 2.75) is 26.2 Å².